The number of likely N-dealkylation sites (tertiary alicyclic amines) is 1. The summed E-state index contributed by atoms with van der Waals surface area (Å²) in [5.41, 5.74) is 1.07. The van der Waals surface area contributed by atoms with Crippen LogP contribution in [0.2, 0.25) is 0 Å². The van der Waals surface area contributed by atoms with Gasteiger partial charge in [-0.2, -0.15) is 0 Å². The monoisotopic (exact) mass is 224 g/mol. The highest BCUT2D eigenvalue weighted by atomic mass is 32.1. The van der Waals surface area contributed by atoms with Gasteiger partial charge in [-0.05, 0) is 18.8 Å². The molecular weight excluding hydrogens is 212 g/mol. The summed E-state index contributed by atoms with van der Waals surface area (Å²) < 4.78 is 0. The number of nitrogens with zero attached hydrogens (tertiary/aromatic N) is 2. The number of hydrogen-bond acceptors (Lipinski definition) is 4. The van der Waals surface area contributed by atoms with E-state index < -0.39 is 5.60 Å². The van der Waals surface area contributed by atoms with E-state index in [1.807, 2.05) is 0 Å². The molecular formula is C10H12N2O2S. The molecule has 3 rings (SSSR count). The molecule has 0 radical (unpaired) electrons. The summed E-state index contributed by atoms with van der Waals surface area (Å²) in [6.07, 6.45) is 3.81. The van der Waals surface area contributed by atoms with Gasteiger partial charge in [-0.15, -0.1) is 11.3 Å². The van der Waals surface area contributed by atoms with Crippen molar-refractivity contribution < 1.29 is 9.90 Å². The molecule has 0 spiro atoms. The van der Waals surface area contributed by atoms with Crippen molar-refractivity contribution in [2.75, 3.05) is 13.1 Å². The van der Waals surface area contributed by atoms with Gasteiger partial charge in [0.25, 0.3) is 5.91 Å². The van der Waals surface area contributed by atoms with Gasteiger partial charge in [-0.3, -0.25) is 9.78 Å². The van der Waals surface area contributed by atoms with Gasteiger partial charge >= 0.3 is 0 Å². The summed E-state index contributed by atoms with van der Waals surface area (Å²) in [6, 6.07) is 0. The molecule has 1 aromatic heterocycles. The molecule has 2 fully saturated rings. The van der Waals surface area contributed by atoms with E-state index in [4.69, 9.17) is 0 Å². The smallest absolute Gasteiger partial charge is 0.265 e. The lowest BCUT2D eigenvalue weighted by molar-refractivity contribution is -0.0956. The molecule has 1 aliphatic carbocycles. The number of thiazole rings is 1. The van der Waals surface area contributed by atoms with Crippen molar-refractivity contribution in [2.45, 2.75) is 18.4 Å². The number of carbonyl (C=O) groups is 1. The maximum absolute atomic E-state index is 11.8. The Morgan fingerprint density at radius 1 is 1.60 bits per heavy atom. The van der Waals surface area contributed by atoms with E-state index in [9.17, 15) is 9.90 Å². The Morgan fingerprint density at radius 2 is 2.33 bits per heavy atom. The van der Waals surface area contributed by atoms with Crippen LogP contribution in [0.1, 0.15) is 22.5 Å². The fraction of sp³-hybridized carbons (Fsp3) is 0.600. The third-order valence-corrected chi connectivity index (χ3v) is 3.96. The van der Waals surface area contributed by atoms with E-state index in [-0.39, 0.29) is 5.91 Å². The Hall–Kier alpha value is -0.940. The molecule has 1 N–H and O–H groups in total. The summed E-state index contributed by atoms with van der Waals surface area (Å²) in [4.78, 5) is 18.0. The summed E-state index contributed by atoms with van der Waals surface area (Å²) in [6.45, 7) is 0.989. The average Bonchev–Trinajstić information content (AvgIpc) is 2.89. The third-order valence-electron chi connectivity index (χ3n) is 3.20. The minimum Gasteiger partial charge on any atom is -0.386 e. The first-order valence-electron chi connectivity index (χ1n) is 5.09. The molecule has 5 heteroatoms. The van der Waals surface area contributed by atoms with Crippen LogP contribution in [0.15, 0.2) is 11.7 Å². The zero-order chi connectivity index (χ0) is 10.5. The Labute approximate surface area is 91.5 Å². The van der Waals surface area contributed by atoms with Gasteiger partial charge in [0.05, 0.1) is 24.8 Å². The number of aromatic nitrogens is 1. The lowest BCUT2D eigenvalue weighted by Gasteiger charge is -2.46. The zero-order valence-corrected chi connectivity index (χ0v) is 9.04. The standard InChI is InChI=1S/C10H12N2O2S/c13-9(8-3-11-6-15-8)12-4-10(14,5-12)7-1-2-7/h3,6-7,14H,1-2,4-5H2. The first kappa shape index (κ1) is 9.30. The highest BCUT2D eigenvalue weighted by Gasteiger charge is 2.53. The molecule has 2 aliphatic rings. The molecule has 0 unspecified atom stereocenters. The van der Waals surface area contributed by atoms with Crippen LogP contribution in [0.3, 0.4) is 0 Å². The van der Waals surface area contributed by atoms with E-state index in [0.717, 1.165) is 12.8 Å². The molecule has 0 atom stereocenters. The van der Waals surface area contributed by atoms with Crippen molar-refractivity contribution in [3.05, 3.63) is 16.6 Å². The predicted molar refractivity (Wildman–Crippen MR) is 55.7 cm³/mol. The van der Waals surface area contributed by atoms with Crippen LogP contribution >= 0.6 is 11.3 Å². The summed E-state index contributed by atoms with van der Waals surface area (Å²) in [7, 11) is 0. The molecule has 0 bridgehead atoms. The quantitative estimate of drug-likeness (QED) is 0.806. The molecule has 80 valence electrons. The highest BCUT2D eigenvalue weighted by molar-refractivity contribution is 7.11. The second kappa shape index (κ2) is 3.02. The second-order valence-electron chi connectivity index (χ2n) is 4.40. The first-order valence-corrected chi connectivity index (χ1v) is 5.97. The number of amides is 1. The normalized spacial score (nSPS) is 23.7. The molecule has 1 aliphatic heterocycles. The van der Waals surface area contributed by atoms with Gasteiger partial charge < -0.3 is 10.0 Å². The molecule has 1 amide bonds. The topological polar surface area (TPSA) is 53.4 Å². The summed E-state index contributed by atoms with van der Waals surface area (Å²) in [5.74, 6) is 0.436. The van der Waals surface area contributed by atoms with Gasteiger partial charge in [-0.25, -0.2) is 0 Å². The largest absolute Gasteiger partial charge is 0.386 e. The minimum absolute atomic E-state index is 0.00262. The van der Waals surface area contributed by atoms with E-state index in [0.29, 0.717) is 23.9 Å². The van der Waals surface area contributed by atoms with Gasteiger partial charge in [-0.1, -0.05) is 0 Å². The van der Waals surface area contributed by atoms with Gasteiger partial charge in [0, 0.05) is 0 Å². The zero-order valence-electron chi connectivity index (χ0n) is 8.22. The Bertz CT molecular complexity index is 380. The van der Waals surface area contributed by atoms with Crippen LogP contribution in [-0.4, -0.2) is 39.6 Å². The minimum atomic E-state index is -0.583. The number of β-amino-alcohol motifs (C(OH)–C–C–N with tert-alkyl or cyclic N) is 1. The Morgan fingerprint density at radius 3 is 2.87 bits per heavy atom. The van der Waals surface area contributed by atoms with Gasteiger partial charge in [0.15, 0.2) is 0 Å². The van der Waals surface area contributed by atoms with Crippen molar-refractivity contribution in [2.24, 2.45) is 5.92 Å². The maximum Gasteiger partial charge on any atom is 0.265 e. The lowest BCUT2D eigenvalue weighted by Crippen LogP contribution is -2.64. The van der Waals surface area contributed by atoms with Crippen molar-refractivity contribution in [3.63, 3.8) is 0 Å². The van der Waals surface area contributed by atoms with Gasteiger partial charge in [0.2, 0.25) is 0 Å². The van der Waals surface area contributed by atoms with Crippen molar-refractivity contribution in [1.29, 1.82) is 0 Å². The molecule has 2 heterocycles. The van der Waals surface area contributed by atoms with Crippen LogP contribution in [0.25, 0.3) is 0 Å². The number of carbonyl (C=O) groups excluding carboxylic acids is 1. The molecule has 4 nitrogen and oxygen atoms in total. The van der Waals surface area contributed by atoms with Crippen molar-refractivity contribution >= 4 is 17.2 Å². The van der Waals surface area contributed by atoms with Crippen LogP contribution in [0, 0.1) is 5.92 Å². The van der Waals surface area contributed by atoms with E-state index in [1.54, 1.807) is 16.6 Å². The Balaban J connectivity index is 1.65. The lowest BCUT2D eigenvalue weighted by atomic mass is 9.88. The van der Waals surface area contributed by atoms with Crippen molar-refractivity contribution in [1.82, 2.24) is 9.88 Å². The van der Waals surface area contributed by atoms with Crippen LogP contribution in [0.5, 0.6) is 0 Å². The number of rotatable bonds is 2. The Kier molecular flexibility index (Phi) is 1.87. The second-order valence-corrected chi connectivity index (χ2v) is 5.29. The SMILES string of the molecule is O=C(c1cncs1)N1CC(O)(C2CC2)C1. The fourth-order valence-electron chi connectivity index (χ4n) is 2.11. The summed E-state index contributed by atoms with van der Waals surface area (Å²) >= 11 is 1.35. The molecule has 1 saturated heterocycles. The molecule has 1 aromatic rings. The number of aliphatic hydroxyl groups is 1. The predicted octanol–water partition coefficient (Wildman–Crippen LogP) is 0.740. The fourth-order valence-corrected chi connectivity index (χ4v) is 2.70. The first-order chi connectivity index (χ1) is 7.19. The van der Waals surface area contributed by atoms with E-state index in [1.165, 1.54) is 11.3 Å². The maximum atomic E-state index is 11.8. The van der Waals surface area contributed by atoms with Crippen LogP contribution < -0.4 is 0 Å². The van der Waals surface area contributed by atoms with E-state index >= 15 is 0 Å². The molecule has 1 saturated carbocycles. The highest BCUT2D eigenvalue weighted by Crippen LogP contribution is 2.44. The van der Waals surface area contributed by atoms with Crippen LogP contribution in [-0.2, 0) is 0 Å². The van der Waals surface area contributed by atoms with E-state index in [2.05, 4.69) is 4.98 Å². The third kappa shape index (κ3) is 1.46. The summed E-state index contributed by atoms with van der Waals surface area (Å²) in [5, 5.41) is 10.1. The number of hydrogen-bond donors (Lipinski definition) is 1. The van der Waals surface area contributed by atoms with Crippen molar-refractivity contribution in [3.8, 4) is 0 Å². The van der Waals surface area contributed by atoms with Gasteiger partial charge in [0.1, 0.15) is 10.5 Å². The molecule has 0 aromatic carbocycles. The average molecular weight is 224 g/mol. The van der Waals surface area contributed by atoms with Crippen LogP contribution in [0.4, 0.5) is 0 Å². The molecule has 15 heavy (non-hydrogen) atoms.